The van der Waals surface area contributed by atoms with Gasteiger partial charge in [-0.1, -0.05) is 0 Å². The van der Waals surface area contributed by atoms with Crippen molar-refractivity contribution in [2.45, 2.75) is 38.3 Å². The molecule has 1 aliphatic heterocycles. The second-order valence-electron chi connectivity index (χ2n) is 7.56. The Morgan fingerprint density at radius 3 is 2.47 bits per heavy atom. The van der Waals surface area contributed by atoms with E-state index in [1.54, 1.807) is 0 Å². The maximum absolute atomic E-state index is 13.2. The van der Waals surface area contributed by atoms with E-state index >= 15 is 0 Å². The Kier molecular flexibility index (Phi) is 5.13. The van der Waals surface area contributed by atoms with Crippen LogP contribution < -0.4 is 15.8 Å². The number of hydrogen-bond acceptors (Lipinski definition) is 4. The van der Waals surface area contributed by atoms with Crippen molar-refractivity contribution in [2.24, 2.45) is 0 Å². The Balaban J connectivity index is 1.71. The van der Waals surface area contributed by atoms with Gasteiger partial charge in [0.1, 0.15) is 5.56 Å². The van der Waals surface area contributed by atoms with E-state index < -0.39 is 23.2 Å². The Morgan fingerprint density at radius 2 is 1.77 bits per heavy atom. The fraction of sp³-hybridized carbons (Fsp3) is 0.381. The van der Waals surface area contributed by atoms with Crippen molar-refractivity contribution >= 4 is 23.1 Å². The molecule has 0 spiro atoms. The van der Waals surface area contributed by atoms with Crippen LogP contribution in [0.25, 0.3) is 0 Å². The second kappa shape index (κ2) is 7.62. The first-order chi connectivity index (χ1) is 14.2. The van der Waals surface area contributed by atoms with Crippen molar-refractivity contribution < 1.29 is 22.8 Å². The van der Waals surface area contributed by atoms with Crippen LogP contribution in [0.15, 0.2) is 29.1 Å². The van der Waals surface area contributed by atoms with Crippen LogP contribution in [-0.2, 0) is 12.6 Å². The van der Waals surface area contributed by atoms with Crippen LogP contribution in [-0.4, -0.2) is 29.8 Å². The molecular weight excluding hydrogens is 399 g/mol. The summed E-state index contributed by atoms with van der Waals surface area (Å²) in [5.41, 5.74) is -0.626. The number of ketones is 1. The van der Waals surface area contributed by atoms with Gasteiger partial charge in [0, 0.05) is 30.8 Å². The van der Waals surface area contributed by atoms with Gasteiger partial charge in [0.25, 0.3) is 11.5 Å². The van der Waals surface area contributed by atoms with Crippen molar-refractivity contribution in [3.05, 3.63) is 57.0 Å². The summed E-state index contributed by atoms with van der Waals surface area (Å²) in [5.74, 6) is -1.02. The molecule has 30 heavy (non-hydrogen) atoms. The zero-order chi connectivity index (χ0) is 21.5. The summed E-state index contributed by atoms with van der Waals surface area (Å²) in [7, 11) is 0. The lowest BCUT2D eigenvalue weighted by Gasteiger charge is -2.23. The van der Waals surface area contributed by atoms with Crippen LogP contribution in [0.2, 0.25) is 0 Å². The molecule has 2 heterocycles. The van der Waals surface area contributed by atoms with Gasteiger partial charge in [-0.15, -0.1) is 0 Å². The molecule has 6 nitrogen and oxygen atoms in total. The first kappa shape index (κ1) is 20.2. The van der Waals surface area contributed by atoms with Crippen LogP contribution >= 0.6 is 0 Å². The second-order valence-corrected chi connectivity index (χ2v) is 7.56. The standard InChI is InChI=1S/C21H20F3N3O3/c22-21(23,24)12-6-7-17(27-8-1-2-9-27)16(10-12)26-20(30)14-11-13-15(25-19(14)29)4-3-5-18(13)28/h6-7,10-11H,1-5,8-9H2,(H,25,29)(H,26,30). The van der Waals surface area contributed by atoms with Gasteiger partial charge in [0.05, 0.1) is 16.9 Å². The van der Waals surface area contributed by atoms with Crippen molar-refractivity contribution in [2.75, 3.05) is 23.3 Å². The number of anilines is 2. The lowest BCUT2D eigenvalue weighted by molar-refractivity contribution is -0.137. The lowest BCUT2D eigenvalue weighted by Crippen LogP contribution is -2.28. The van der Waals surface area contributed by atoms with E-state index in [0.29, 0.717) is 43.7 Å². The summed E-state index contributed by atoms with van der Waals surface area (Å²) in [6.45, 7) is 1.34. The van der Waals surface area contributed by atoms with E-state index in [-0.39, 0.29) is 22.6 Å². The Hall–Kier alpha value is -3.10. The first-order valence-corrected chi connectivity index (χ1v) is 9.81. The van der Waals surface area contributed by atoms with E-state index in [2.05, 4.69) is 10.3 Å². The zero-order valence-corrected chi connectivity index (χ0v) is 16.1. The fourth-order valence-electron chi connectivity index (χ4n) is 3.98. The number of nitrogens with one attached hydrogen (secondary N) is 2. The summed E-state index contributed by atoms with van der Waals surface area (Å²) in [6.07, 6.45) is -1.28. The number of aromatic amines is 1. The molecule has 9 heteroatoms. The van der Waals surface area contributed by atoms with Crippen molar-refractivity contribution in [1.82, 2.24) is 4.98 Å². The highest BCUT2D eigenvalue weighted by atomic mass is 19.4. The van der Waals surface area contributed by atoms with Crippen LogP contribution in [0.1, 0.15) is 57.7 Å². The average Bonchev–Trinajstić information content (AvgIpc) is 3.21. The quantitative estimate of drug-likeness (QED) is 0.794. The maximum atomic E-state index is 13.2. The number of benzene rings is 1. The highest BCUT2D eigenvalue weighted by Crippen LogP contribution is 2.36. The maximum Gasteiger partial charge on any atom is 0.416 e. The highest BCUT2D eigenvalue weighted by molar-refractivity contribution is 6.08. The van der Waals surface area contributed by atoms with E-state index in [4.69, 9.17) is 0 Å². The molecule has 0 radical (unpaired) electrons. The number of alkyl halides is 3. The number of carbonyl (C=O) groups is 2. The van der Waals surface area contributed by atoms with E-state index in [9.17, 15) is 27.6 Å². The molecule has 1 amide bonds. The zero-order valence-electron chi connectivity index (χ0n) is 16.1. The average molecular weight is 419 g/mol. The van der Waals surface area contributed by atoms with Gasteiger partial charge in [-0.3, -0.25) is 14.4 Å². The number of rotatable bonds is 3. The smallest absolute Gasteiger partial charge is 0.370 e. The minimum atomic E-state index is -4.57. The minimum Gasteiger partial charge on any atom is -0.370 e. The third-order valence-corrected chi connectivity index (χ3v) is 5.52. The third-order valence-electron chi connectivity index (χ3n) is 5.52. The number of nitrogens with zero attached hydrogens (tertiary/aromatic N) is 1. The largest absolute Gasteiger partial charge is 0.416 e. The number of Topliss-reactive ketones (excluding diaryl/α,β-unsaturated/α-hetero) is 1. The molecule has 2 N–H and O–H groups in total. The van der Waals surface area contributed by atoms with Gasteiger partial charge in [-0.05, 0) is 49.9 Å². The molecule has 0 atom stereocenters. The van der Waals surface area contributed by atoms with Crippen molar-refractivity contribution in [1.29, 1.82) is 0 Å². The summed E-state index contributed by atoms with van der Waals surface area (Å²) < 4.78 is 39.6. The highest BCUT2D eigenvalue weighted by Gasteiger charge is 2.32. The summed E-state index contributed by atoms with van der Waals surface area (Å²) >= 11 is 0. The monoisotopic (exact) mass is 419 g/mol. The minimum absolute atomic E-state index is 0.0137. The number of amides is 1. The normalized spacial score (nSPS) is 16.5. The fourth-order valence-corrected chi connectivity index (χ4v) is 3.98. The number of aromatic nitrogens is 1. The van der Waals surface area contributed by atoms with E-state index in [1.165, 1.54) is 12.1 Å². The Bertz CT molecular complexity index is 1070. The molecule has 2 aliphatic rings. The number of H-pyrrole nitrogens is 1. The molecule has 2 aromatic rings. The summed E-state index contributed by atoms with van der Waals surface area (Å²) in [4.78, 5) is 41.8. The van der Waals surface area contributed by atoms with Crippen molar-refractivity contribution in [3.63, 3.8) is 0 Å². The SMILES string of the molecule is O=C1CCCc2[nH]c(=O)c(C(=O)Nc3cc(C(F)(F)F)ccc3N3CCCC3)cc21. The lowest BCUT2D eigenvalue weighted by atomic mass is 9.93. The van der Waals surface area contributed by atoms with Gasteiger partial charge in [-0.25, -0.2) is 0 Å². The molecule has 158 valence electrons. The van der Waals surface area contributed by atoms with Gasteiger partial charge >= 0.3 is 6.18 Å². The molecular formula is C21H20F3N3O3. The van der Waals surface area contributed by atoms with Gasteiger partial charge in [0.2, 0.25) is 0 Å². The Morgan fingerprint density at radius 1 is 1.03 bits per heavy atom. The topological polar surface area (TPSA) is 82.3 Å². The van der Waals surface area contributed by atoms with E-state index in [0.717, 1.165) is 25.0 Å². The van der Waals surface area contributed by atoms with Crippen LogP contribution in [0.4, 0.5) is 24.5 Å². The van der Waals surface area contributed by atoms with Gasteiger partial charge in [-0.2, -0.15) is 13.2 Å². The molecule has 1 aromatic carbocycles. The number of pyridine rings is 1. The van der Waals surface area contributed by atoms with Crippen molar-refractivity contribution in [3.8, 4) is 0 Å². The molecule has 0 bridgehead atoms. The predicted molar refractivity (Wildman–Crippen MR) is 105 cm³/mol. The number of aryl methyl sites for hydroxylation is 1. The summed E-state index contributed by atoms with van der Waals surface area (Å²) in [5, 5.41) is 2.47. The van der Waals surface area contributed by atoms with E-state index in [1.807, 2.05) is 4.90 Å². The molecule has 1 fully saturated rings. The molecule has 4 rings (SSSR count). The molecule has 1 aromatic heterocycles. The van der Waals surface area contributed by atoms with Crippen LogP contribution in [0, 0.1) is 0 Å². The molecule has 0 saturated carbocycles. The summed E-state index contributed by atoms with van der Waals surface area (Å²) in [6, 6.07) is 4.44. The molecule has 1 aliphatic carbocycles. The molecule has 1 saturated heterocycles. The van der Waals surface area contributed by atoms with Gasteiger partial charge in [0.15, 0.2) is 5.78 Å². The van der Waals surface area contributed by atoms with Gasteiger partial charge < -0.3 is 15.2 Å². The third kappa shape index (κ3) is 3.83. The number of fused-ring (bicyclic) bond motifs is 1. The predicted octanol–water partition coefficient (Wildman–Crippen LogP) is 3.77. The number of carbonyl (C=O) groups excluding carboxylic acids is 2. The number of halogens is 3. The Labute approximate surface area is 170 Å². The first-order valence-electron chi connectivity index (χ1n) is 9.81. The molecule has 0 unspecified atom stereocenters. The van der Waals surface area contributed by atoms with Crippen LogP contribution in [0.3, 0.4) is 0 Å². The number of hydrogen-bond donors (Lipinski definition) is 2. The van der Waals surface area contributed by atoms with Crippen LogP contribution in [0.5, 0.6) is 0 Å².